The summed E-state index contributed by atoms with van der Waals surface area (Å²) < 4.78 is 13.0. The fourth-order valence-corrected chi connectivity index (χ4v) is 2.93. The van der Waals surface area contributed by atoms with Gasteiger partial charge in [-0.1, -0.05) is 23.5 Å². The molecule has 0 bridgehead atoms. The van der Waals surface area contributed by atoms with Crippen LogP contribution in [0.25, 0.3) is 0 Å². The Bertz CT molecular complexity index is 696. The Morgan fingerprint density at radius 3 is 2.52 bits per heavy atom. The zero-order valence-electron chi connectivity index (χ0n) is 13.6. The Labute approximate surface area is 138 Å². The van der Waals surface area contributed by atoms with Gasteiger partial charge in [0.2, 0.25) is 0 Å². The third-order valence-electron chi connectivity index (χ3n) is 3.43. The van der Waals surface area contributed by atoms with Crippen molar-refractivity contribution in [1.29, 1.82) is 0 Å². The number of carbonyl (C=O) groups excluding carboxylic acids is 1. The van der Waals surface area contributed by atoms with Crippen LogP contribution in [0.15, 0.2) is 24.3 Å². The molecule has 0 aliphatic carbocycles. The molecule has 23 heavy (non-hydrogen) atoms. The number of hydrogen-bond donors (Lipinski definition) is 2. The van der Waals surface area contributed by atoms with Crippen LogP contribution in [-0.2, 0) is 5.60 Å². The van der Waals surface area contributed by atoms with E-state index in [-0.39, 0.29) is 18.3 Å². The van der Waals surface area contributed by atoms with Crippen molar-refractivity contribution in [3.8, 4) is 0 Å². The number of carbonyl (C=O) groups is 1. The molecule has 1 unspecified atom stereocenters. The van der Waals surface area contributed by atoms with Gasteiger partial charge in [-0.25, -0.2) is 9.37 Å². The van der Waals surface area contributed by atoms with E-state index in [2.05, 4.69) is 10.3 Å². The van der Waals surface area contributed by atoms with Gasteiger partial charge in [0.15, 0.2) is 5.13 Å². The lowest BCUT2D eigenvalue weighted by molar-refractivity contribution is 0.0527. The Morgan fingerprint density at radius 2 is 2.00 bits per heavy atom. The number of nitrogens with zero attached hydrogens (tertiary/aromatic N) is 2. The van der Waals surface area contributed by atoms with Crippen molar-refractivity contribution >= 4 is 22.4 Å². The minimum absolute atomic E-state index is 0.0199. The molecule has 2 rings (SSSR count). The lowest BCUT2D eigenvalue weighted by atomic mass is 9.96. The molecule has 0 fully saturated rings. The van der Waals surface area contributed by atoms with E-state index in [1.807, 2.05) is 19.0 Å². The Hall–Kier alpha value is -1.99. The van der Waals surface area contributed by atoms with Gasteiger partial charge in [-0.15, -0.1) is 0 Å². The summed E-state index contributed by atoms with van der Waals surface area (Å²) in [6.07, 6.45) is 0. The predicted octanol–water partition coefficient (Wildman–Crippen LogP) is 2.29. The normalized spacial score (nSPS) is 13.5. The van der Waals surface area contributed by atoms with Crippen molar-refractivity contribution in [2.75, 3.05) is 25.5 Å². The Kier molecular flexibility index (Phi) is 5.01. The Balaban J connectivity index is 2.07. The summed E-state index contributed by atoms with van der Waals surface area (Å²) in [6.45, 7) is 3.37. The molecular weight excluding hydrogens is 317 g/mol. The molecule has 0 aliphatic heterocycles. The zero-order chi connectivity index (χ0) is 17.2. The molecule has 0 aliphatic rings. The SMILES string of the molecule is Cc1nc(N(C)C)sc1C(=O)NCC(C)(O)c1ccc(F)cc1. The second-order valence-corrected chi connectivity index (χ2v) is 6.75. The molecule has 2 aromatic rings. The topological polar surface area (TPSA) is 65.5 Å². The van der Waals surface area contributed by atoms with Gasteiger partial charge in [-0.3, -0.25) is 4.79 Å². The van der Waals surface area contributed by atoms with E-state index in [4.69, 9.17) is 0 Å². The van der Waals surface area contributed by atoms with E-state index in [0.29, 0.717) is 16.1 Å². The number of rotatable bonds is 5. The molecule has 0 saturated heterocycles. The van der Waals surface area contributed by atoms with E-state index in [1.54, 1.807) is 13.8 Å². The highest BCUT2D eigenvalue weighted by molar-refractivity contribution is 7.17. The van der Waals surface area contributed by atoms with Crippen LogP contribution in [0.5, 0.6) is 0 Å². The first-order chi connectivity index (χ1) is 10.7. The Morgan fingerprint density at radius 1 is 1.39 bits per heavy atom. The van der Waals surface area contributed by atoms with Crippen molar-refractivity contribution < 1.29 is 14.3 Å². The monoisotopic (exact) mass is 337 g/mol. The number of aromatic nitrogens is 1. The summed E-state index contributed by atoms with van der Waals surface area (Å²) in [7, 11) is 3.72. The predicted molar refractivity (Wildman–Crippen MR) is 89.5 cm³/mol. The number of anilines is 1. The number of aliphatic hydroxyl groups is 1. The smallest absolute Gasteiger partial charge is 0.263 e. The summed E-state index contributed by atoms with van der Waals surface area (Å²) >= 11 is 1.30. The number of amides is 1. The lowest BCUT2D eigenvalue weighted by Crippen LogP contribution is -2.38. The number of halogens is 1. The molecule has 0 saturated carbocycles. The highest BCUT2D eigenvalue weighted by atomic mass is 32.1. The van der Waals surface area contributed by atoms with Crippen molar-refractivity contribution in [2.45, 2.75) is 19.4 Å². The van der Waals surface area contributed by atoms with Crippen LogP contribution < -0.4 is 10.2 Å². The fraction of sp³-hybridized carbons (Fsp3) is 0.375. The van der Waals surface area contributed by atoms with Crippen LogP contribution in [0.2, 0.25) is 0 Å². The summed E-state index contributed by atoms with van der Waals surface area (Å²) in [6, 6.07) is 5.57. The summed E-state index contributed by atoms with van der Waals surface area (Å²) in [5, 5.41) is 13.9. The summed E-state index contributed by atoms with van der Waals surface area (Å²) in [5.41, 5.74) is -0.0985. The third-order valence-corrected chi connectivity index (χ3v) is 4.76. The van der Waals surface area contributed by atoms with Gasteiger partial charge < -0.3 is 15.3 Å². The number of aryl methyl sites for hydroxylation is 1. The van der Waals surface area contributed by atoms with Crippen LogP contribution in [0.4, 0.5) is 9.52 Å². The van der Waals surface area contributed by atoms with Gasteiger partial charge in [0.25, 0.3) is 5.91 Å². The van der Waals surface area contributed by atoms with E-state index >= 15 is 0 Å². The minimum Gasteiger partial charge on any atom is -0.384 e. The minimum atomic E-state index is -1.29. The largest absolute Gasteiger partial charge is 0.384 e. The van der Waals surface area contributed by atoms with Crippen LogP contribution >= 0.6 is 11.3 Å². The van der Waals surface area contributed by atoms with E-state index in [9.17, 15) is 14.3 Å². The average molecular weight is 337 g/mol. The molecular formula is C16H20FN3O2S. The maximum absolute atomic E-state index is 13.0. The number of benzene rings is 1. The molecule has 0 spiro atoms. The average Bonchev–Trinajstić information content (AvgIpc) is 2.88. The first-order valence-electron chi connectivity index (χ1n) is 7.12. The van der Waals surface area contributed by atoms with Crippen LogP contribution in [0.1, 0.15) is 27.9 Å². The maximum Gasteiger partial charge on any atom is 0.263 e. The van der Waals surface area contributed by atoms with E-state index in [0.717, 1.165) is 5.13 Å². The van der Waals surface area contributed by atoms with Gasteiger partial charge >= 0.3 is 0 Å². The number of thiazole rings is 1. The quantitative estimate of drug-likeness (QED) is 0.879. The molecule has 1 aromatic carbocycles. The van der Waals surface area contributed by atoms with E-state index < -0.39 is 5.60 Å². The molecule has 1 amide bonds. The van der Waals surface area contributed by atoms with Crippen molar-refractivity contribution in [2.24, 2.45) is 0 Å². The molecule has 1 heterocycles. The zero-order valence-corrected chi connectivity index (χ0v) is 14.4. The van der Waals surface area contributed by atoms with Gasteiger partial charge in [0.1, 0.15) is 16.3 Å². The first-order valence-corrected chi connectivity index (χ1v) is 7.94. The summed E-state index contributed by atoms with van der Waals surface area (Å²) in [5.74, 6) is -0.652. The molecule has 5 nitrogen and oxygen atoms in total. The van der Waals surface area contributed by atoms with Crippen molar-refractivity contribution in [3.63, 3.8) is 0 Å². The maximum atomic E-state index is 13.0. The standard InChI is InChI=1S/C16H20FN3O2S/c1-10-13(23-15(19-10)20(3)4)14(21)18-9-16(2,22)11-5-7-12(17)8-6-11/h5-8,22H,9H2,1-4H3,(H,18,21). The van der Waals surface area contributed by atoms with Gasteiger partial charge in [-0.2, -0.15) is 0 Å². The van der Waals surface area contributed by atoms with Gasteiger partial charge in [-0.05, 0) is 31.5 Å². The molecule has 7 heteroatoms. The van der Waals surface area contributed by atoms with E-state index in [1.165, 1.54) is 35.6 Å². The van der Waals surface area contributed by atoms with Crippen LogP contribution in [0, 0.1) is 12.7 Å². The van der Waals surface area contributed by atoms with Gasteiger partial charge in [0.05, 0.1) is 12.2 Å². The second-order valence-electron chi connectivity index (χ2n) is 5.77. The highest BCUT2D eigenvalue weighted by Crippen LogP contribution is 2.25. The summed E-state index contributed by atoms with van der Waals surface area (Å²) in [4.78, 5) is 19.0. The van der Waals surface area contributed by atoms with Gasteiger partial charge in [0, 0.05) is 14.1 Å². The molecule has 2 N–H and O–H groups in total. The number of nitrogens with one attached hydrogen (secondary N) is 1. The lowest BCUT2D eigenvalue weighted by Gasteiger charge is -2.24. The third kappa shape index (κ3) is 4.05. The van der Waals surface area contributed by atoms with Crippen molar-refractivity contribution in [1.82, 2.24) is 10.3 Å². The molecule has 1 aromatic heterocycles. The molecule has 0 radical (unpaired) electrons. The second kappa shape index (κ2) is 6.64. The van der Waals surface area contributed by atoms with Crippen LogP contribution in [0.3, 0.4) is 0 Å². The fourth-order valence-electron chi connectivity index (χ4n) is 2.03. The highest BCUT2D eigenvalue weighted by Gasteiger charge is 2.25. The molecule has 1 atom stereocenters. The van der Waals surface area contributed by atoms with Crippen LogP contribution in [-0.4, -0.2) is 36.6 Å². The number of hydrogen-bond acceptors (Lipinski definition) is 5. The van der Waals surface area contributed by atoms with Crippen molar-refractivity contribution in [3.05, 3.63) is 46.2 Å². The molecule has 124 valence electrons. The first kappa shape index (κ1) is 17.4.